The highest BCUT2D eigenvalue weighted by atomic mass is 16.4. The number of carboxylic acids is 1. The molecular weight excluding hydrogens is 761 g/mol. The number of nitroso groups, excluding NO2 is 2. The number of amides is 2. The van der Waals surface area contributed by atoms with Gasteiger partial charge in [-0.3, -0.25) is 9.59 Å². The van der Waals surface area contributed by atoms with Gasteiger partial charge in [-0.05, 0) is 90.3 Å². The lowest BCUT2D eigenvalue weighted by atomic mass is 10.1. The molecular formula is C46H36N8O6. The van der Waals surface area contributed by atoms with Crippen molar-refractivity contribution in [3.63, 3.8) is 0 Å². The molecule has 0 aliphatic rings. The molecule has 0 spiro atoms. The van der Waals surface area contributed by atoms with Crippen LogP contribution < -0.4 is 21.3 Å². The highest BCUT2D eigenvalue weighted by Gasteiger charge is 2.22. The number of carbonyl (C=O) groups is 3. The van der Waals surface area contributed by atoms with Crippen molar-refractivity contribution in [3.8, 4) is 0 Å². The van der Waals surface area contributed by atoms with Crippen LogP contribution in [0.25, 0.3) is 43.6 Å². The Kier molecular flexibility index (Phi) is 11.1. The van der Waals surface area contributed by atoms with Crippen LogP contribution in [0.3, 0.4) is 0 Å². The normalized spacial score (nSPS) is 11.6. The molecule has 14 heteroatoms. The van der Waals surface area contributed by atoms with Gasteiger partial charge in [0.15, 0.2) is 0 Å². The molecule has 8 rings (SSSR count). The lowest BCUT2D eigenvalue weighted by molar-refractivity contribution is -0.139. The Labute approximate surface area is 342 Å². The van der Waals surface area contributed by atoms with Gasteiger partial charge < -0.3 is 26.4 Å². The van der Waals surface area contributed by atoms with Gasteiger partial charge in [0.25, 0.3) is 11.8 Å². The SMILES string of the molecule is O=Nc1cc(C(=O)NCCCCC(NC(=O)c2ccc(Nc3c4ccccc4nc4ccccc34)c(N=O)c2)C(=O)O)ccc1Nc1c2ccccc2nc2ccccc12. The van der Waals surface area contributed by atoms with Crippen LogP contribution in [-0.4, -0.2) is 45.4 Å². The van der Waals surface area contributed by atoms with E-state index in [1.54, 1.807) is 18.2 Å². The van der Waals surface area contributed by atoms with Crippen molar-refractivity contribution in [2.75, 3.05) is 17.2 Å². The van der Waals surface area contributed by atoms with Crippen LogP contribution in [-0.2, 0) is 4.79 Å². The summed E-state index contributed by atoms with van der Waals surface area (Å²) in [5.74, 6) is -2.35. The molecule has 6 aromatic carbocycles. The van der Waals surface area contributed by atoms with Crippen molar-refractivity contribution in [1.29, 1.82) is 0 Å². The van der Waals surface area contributed by atoms with Gasteiger partial charge in [0, 0.05) is 39.2 Å². The molecule has 0 aliphatic heterocycles. The maximum absolute atomic E-state index is 13.2. The van der Waals surface area contributed by atoms with E-state index in [0.717, 1.165) is 55.0 Å². The van der Waals surface area contributed by atoms with E-state index in [2.05, 4.69) is 31.6 Å². The number of unbranched alkanes of at least 4 members (excludes halogenated alkanes) is 1. The zero-order chi connectivity index (χ0) is 41.6. The first kappa shape index (κ1) is 38.7. The average molecular weight is 797 g/mol. The van der Waals surface area contributed by atoms with E-state index in [1.165, 1.54) is 18.2 Å². The van der Waals surface area contributed by atoms with E-state index in [9.17, 15) is 29.3 Å². The fourth-order valence-electron chi connectivity index (χ4n) is 7.20. The molecule has 0 fully saturated rings. The number of aromatic nitrogens is 2. The van der Waals surface area contributed by atoms with Gasteiger partial charge in [-0.15, -0.1) is 9.81 Å². The Morgan fingerprint density at radius 3 is 1.38 bits per heavy atom. The summed E-state index contributed by atoms with van der Waals surface area (Å²) in [4.78, 5) is 71.9. The smallest absolute Gasteiger partial charge is 0.326 e. The number of aliphatic carboxylic acids is 1. The predicted molar refractivity (Wildman–Crippen MR) is 234 cm³/mol. The molecule has 0 saturated carbocycles. The quantitative estimate of drug-likeness (QED) is 0.0377. The monoisotopic (exact) mass is 796 g/mol. The van der Waals surface area contributed by atoms with Gasteiger partial charge in [-0.2, -0.15) is 0 Å². The Morgan fingerprint density at radius 1 is 0.550 bits per heavy atom. The van der Waals surface area contributed by atoms with E-state index in [-0.39, 0.29) is 35.5 Å². The Hall–Kier alpha value is -8.13. The summed E-state index contributed by atoms with van der Waals surface area (Å²) in [6, 6.07) is 38.2. The maximum Gasteiger partial charge on any atom is 0.326 e. The van der Waals surface area contributed by atoms with Crippen LogP contribution in [0.2, 0.25) is 0 Å². The summed E-state index contributed by atoms with van der Waals surface area (Å²) >= 11 is 0. The van der Waals surface area contributed by atoms with Crippen LogP contribution in [0.1, 0.15) is 40.0 Å². The number of para-hydroxylation sites is 4. The van der Waals surface area contributed by atoms with Crippen molar-refractivity contribution in [2.24, 2.45) is 10.4 Å². The Morgan fingerprint density at radius 2 is 0.967 bits per heavy atom. The minimum Gasteiger partial charge on any atom is -0.480 e. The molecule has 0 radical (unpaired) electrons. The zero-order valence-corrected chi connectivity index (χ0v) is 31.9. The second-order valence-corrected chi connectivity index (χ2v) is 14.1. The fourth-order valence-corrected chi connectivity index (χ4v) is 7.20. The van der Waals surface area contributed by atoms with Crippen LogP contribution >= 0.6 is 0 Å². The number of fused-ring (bicyclic) bond motifs is 4. The molecule has 5 N–H and O–H groups in total. The molecule has 2 amide bonds. The van der Waals surface area contributed by atoms with Gasteiger partial charge in [0.1, 0.15) is 17.4 Å². The van der Waals surface area contributed by atoms with Crippen LogP contribution in [0.5, 0.6) is 0 Å². The molecule has 14 nitrogen and oxygen atoms in total. The van der Waals surface area contributed by atoms with Gasteiger partial charge in [-0.25, -0.2) is 14.8 Å². The third kappa shape index (κ3) is 8.02. The van der Waals surface area contributed by atoms with Crippen molar-refractivity contribution in [3.05, 3.63) is 154 Å². The first-order valence-corrected chi connectivity index (χ1v) is 19.2. The van der Waals surface area contributed by atoms with Gasteiger partial charge >= 0.3 is 5.97 Å². The van der Waals surface area contributed by atoms with Gasteiger partial charge in [0.05, 0.1) is 44.8 Å². The number of carboxylic acid groups (broad SMARTS) is 1. The Bertz CT molecular complexity index is 2880. The number of rotatable bonds is 15. The number of nitrogens with one attached hydrogen (secondary N) is 4. The summed E-state index contributed by atoms with van der Waals surface area (Å²) in [6.45, 7) is 0.211. The second kappa shape index (κ2) is 17.2. The zero-order valence-electron chi connectivity index (χ0n) is 31.9. The lowest BCUT2D eigenvalue weighted by Crippen LogP contribution is -2.40. The lowest BCUT2D eigenvalue weighted by Gasteiger charge is -2.16. The number of hydrogen-bond acceptors (Lipinski definition) is 11. The number of pyridine rings is 2. The molecule has 0 bridgehead atoms. The summed E-state index contributed by atoms with van der Waals surface area (Å²) in [5.41, 5.74) is 5.63. The molecule has 1 unspecified atom stereocenters. The minimum absolute atomic E-state index is 0.0341. The van der Waals surface area contributed by atoms with E-state index < -0.39 is 23.8 Å². The van der Waals surface area contributed by atoms with E-state index >= 15 is 0 Å². The van der Waals surface area contributed by atoms with E-state index in [1.807, 2.05) is 97.1 Å². The van der Waals surface area contributed by atoms with Crippen LogP contribution in [0, 0.1) is 9.81 Å². The summed E-state index contributed by atoms with van der Waals surface area (Å²) < 4.78 is 0. The minimum atomic E-state index is -1.23. The first-order chi connectivity index (χ1) is 29.3. The third-order valence-electron chi connectivity index (χ3n) is 10.2. The fraction of sp³-hybridized carbons (Fsp3) is 0.109. The van der Waals surface area contributed by atoms with E-state index in [4.69, 9.17) is 9.97 Å². The molecule has 296 valence electrons. The van der Waals surface area contributed by atoms with Gasteiger partial charge in [0.2, 0.25) is 0 Å². The van der Waals surface area contributed by atoms with E-state index in [0.29, 0.717) is 24.2 Å². The Balaban J connectivity index is 0.873. The number of carbonyl (C=O) groups excluding carboxylic acids is 2. The predicted octanol–water partition coefficient (Wildman–Crippen LogP) is 10.2. The molecule has 2 heterocycles. The average Bonchev–Trinajstić information content (AvgIpc) is 3.28. The van der Waals surface area contributed by atoms with Crippen LogP contribution in [0.15, 0.2) is 144 Å². The molecule has 0 saturated heterocycles. The van der Waals surface area contributed by atoms with Crippen molar-refractivity contribution in [2.45, 2.75) is 25.3 Å². The number of nitrogens with zero attached hydrogens (tertiary/aromatic N) is 4. The molecule has 1 atom stereocenters. The topological polar surface area (TPSA) is 204 Å². The van der Waals surface area contributed by atoms with Crippen molar-refractivity contribution in [1.82, 2.24) is 20.6 Å². The van der Waals surface area contributed by atoms with Crippen molar-refractivity contribution >= 4 is 95.5 Å². The summed E-state index contributed by atoms with van der Waals surface area (Å²) in [6.07, 6.45) is 0.840. The molecule has 60 heavy (non-hydrogen) atoms. The maximum atomic E-state index is 13.2. The molecule has 2 aromatic heterocycles. The standard InChI is InChI=1S/C46H36N8O6/c55-44(27-20-22-37(40(25-27)53-59)50-42-29-11-1-5-15-33(29)48-34-16-6-2-12-30(34)42)47-24-10-9-19-39(46(57)58)52-45(56)28-21-23-38(41(26-28)54-60)51-43-31-13-3-7-17-35(31)49-36-18-8-4-14-32(36)43/h1-8,11-18,20-23,25-26,39H,9-10,19,24H2,(H,47,55)(H,48,50)(H,49,51)(H,52,56)(H,57,58). The highest BCUT2D eigenvalue weighted by Crippen LogP contribution is 2.38. The number of anilines is 4. The highest BCUT2D eigenvalue weighted by molar-refractivity contribution is 6.10. The largest absolute Gasteiger partial charge is 0.480 e. The van der Waals surface area contributed by atoms with Crippen molar-refractivity contribution < 1.29 is 19.5 Å². The number of benzene rings is 6. The van der Waals surface area contributed by atoms with Gasteiger partial charge in [-0.1, -0.05) is 72.8 Å². The summed E-state index contributed by atoms with van der Waals surface area (Å²) in [5, 5.41) is 31.6. The molecule has 0 aliphatic carbocycles. The second-order valence-electron chi connectivity index (χ2n) is 14.1. The molecule has 8 aromatic rings. The summed E-state index contributed by atoms with van der Waals surface area (Å²) in [7, 11) is 0. The third-order valence-corrected chi connectivity index (χ3v) is 10.2. The number of hydrogen-bond donors (Lipinski definition) is 5. The van der Waals surface area contributed by atoms with Crippen LogP contribution in [0.4, 0.5) is 34.1 Å². The first-order valence-electron chi connectivity index (χ1n) is 19.2.